The first kappa shape index (κ1) is 25.0. The van der Waals surface area contributed by atoms with Crippen molar-refractivity contribution < 1.29 is 24.2 Å². The van der Waals surface area contributed by atoms with Gasteiger partial charge in [0.25, 0.3) is 5.91 Å². The van der Waals surface area contributed by atoms with Crippen LogP contribution in [-0.4, -0.2) is 73.7 Å². The number of para-hydroxylation sites is 2. The van der Waals surface area contributed by atoms with Crippen molar-refractivity contribution in [2.75, 3.05) is 19.6 Å². The van der Waals surface area contributed by atoms with Gasteiger partial charge in [0, 0.05) is 25.7 Å². The van der Waals surface area contributed by atoms with Gasteiger partial charge in [-0.15, -0.1) is 0 Å². The van der Waals surface area contributed by atoms with Crippen LogP contribution in [0.2, 0.25) is 0 Å². The number of hydrogen-bond donors (Lipinski definition) is 1. The molecule has 1 aliphatic carbocycles. The van der Waals surface area contributed by atoms with Gasteiger partial charge in [0.05, 0.1) is 23.0 Å². The minimum absolute atomic E-state index is 0.0606. The number of ether oxygens (including phenoxy) is 1. The van der Waals surface area contributed by atoms with Crippen LogP contribution in [-0.2, 0) is 9.53 Å². The number of rotatable bonds is 6. The summed E-state index contributed by atoms with van der Waals surface area (Å²) in [6, 6.07) is 7.53. The third-order valence-electron chi connectivity index (χ3n) is 6.39. The second-order valence-electron chi connectivity index (χ2n) is 11.2. The number of piperidine rings is 1. The second kappa shape index (κ2) is 9.51. The summed E-state index contributed by atoms with van der Waals surface area (Å²) in [5.41, 5.74) is 1.01. The molecule has 1 aliphatic heterocycles. The van der Waals surface area contributed by atoms with Crippen LogP contribution >= 0.6 is 0 Å². The van der Waals surface area contributed by atoms with E-state index in [1.165, 1.54) is 4.90 Å². The molecule has 9 nitrogen and oxygen atoms in total. The number of likely N-dealkylation sites (tertiary alicyclic amines) is 1. The van der Waals surface area contributed by atoms with Crippen LogP contribution in [0.3, 0.4) is 0 Å². The highest BCUT2D eigenvalue weighted by Crippen LogP contribution is 2.39. The lowest BCUT2D eigenvalue weighted by Crippen LogP contribution is -2.57. The molecule has 1 aromatic carbocycles. The Balaban J connectivity index is 1.68. The second-order valence-corrected chi connectivity index (χ2v) is 11.2. The van der Waals surface area contributed by atoms with Gasteiger partial charge in [-0.05, 0) is 58.1 Å². The van der Waals surface area contributed by atoms with Gasteiger partial charge in [-0.25, -0.2) is 9.78 Å². The number of aliphatic carboxylic acids is 1. The quantitative estimate of drug-likeness (QED) is 0.660. The molecule has 1 aromatic heterocycles. The Morgan fingerprint density at radius 2 is 1.86 bits per heavy atom. The van der Waals surface area contributed by atoms with E-state index in [1.807, 2.05) is 42.7 Å². The number of benzene rings is 1. The van der Waals surface area contributed by atoms with Gasteiger partial charge >= 0.3 is 12.1 Å². The van der Waals surface area contributed by atoms with E-state index < -0.39 is 29.6 Å². The zero-order valence-electron chi connectivity index (χ0n) is 21.2. The number of carbonyl (C=O) groups is 3. The maximum atomic E-state index is 14.0. The van der Waals surface area contributed by atoms with Crippen LogP contribution in [0.1, 0.15) is 70.5 Å². The summed E-state index contributed by atoms with van der Waals surface area (Å²) in [6.07, 6.45) is 1.72. The van der Waals surface area contributed by atoms with Crippen molar-refractivity contribution in [3.05, 3.63) is 30.1 Å². The molecule has 0 radical (unpaired) electrons. The van der Waals surface area contributed by atoms with Gasteiger partial charge in [0.1, 0.15) is 5.60 Å². The van der Waals surface area contributed by atoms with Crippen molar-refractivity contribution in [3.8, 4) is 0 Å². The van der Waals surface area contributed by atoms with E-state index in [-0.39, 0.29) is 37.4 Å². The molecule has 2 aromatic rings. The minimum Gasteiger partial charge on any atom is -0.481 e. The van der Waals surface area contributed by atoms with Gasteiger partial charge in [-0.2, -0.15) is 0 Å². The Labute approximate surface area is 206 Å². The van der Waals surface area contributed by atoms with Crippen molar-refractivity contribution in [1.29, 1.82) is 0 Å². The molecule has 1 saturated carbocycles. The average Bonchev–Trinajstić information content (AvgIpc) is 3.54. The topological polar surface area (TPSA) is 105 Å². The molecule has 2 fully saturated rings. The summed E-state index contributed by atoms with van der Waals surface area (Å²) < 4.78 is 7.57. The fourth-order valence-corrected chi connectivity index (χ4v) is 4.77. The molecule has 0 bridgehead atoms. The monoisotopic (exact) mass is 484 g/mol. The first-order valence-electron chi connectivity index (χ1n) is 12.4. The minimum atomic E-state index is -0.981. The van der Waals surface area contributed by atoms with Gasteiger partial charge < -0.3 is 24.2 Å². The van der Waals surface area contributed by atoms with E-state index in [0.29, 0.717) is 12.4 Å². The van der Waals surface area contributed by atoms with Crippen molar-refractivity contribution in [1.82, 2.24) is 19.4 Å². The van der Waals surface area contributed by atoms with E-state index >= 15 is 0 Å². The zero-order chi connectivity index (χ0) is 25.5. The number of carboxylic acids is 1. The van der Waals surface area contributed by atoms with E-state index in [0.717, 1.165) is 23.9 Å². The summed E-state index contributed by atoms with van der Waals surface area (Å²) in [5, 5.41) is 9.83. The molecule has 190 valence electrons. The number of carboxylic acid groups (broad SMARTS) is 1. The summed E-state index contributed by atoms with van der Waals surface area (Å²) in [5.74, 6) is -1.45. The molecule has 4 rings (SSSR count). The van der Waals surface area contributed by atoms with Crippen LogP contribution < -0.4 is 0 Å². The van der Waals surface area contributed by atoms with E-state index in [1.54, 1.807) is 25.7 Å². The highest BCUT2D eigenvalue weighted by molar-refractivity contribution is 5.95. The molecule has 9 heteroatoms. The molecule has 0 unspecified atom stereocenters. The molecule has 0 spiro atoms. The first-order valence-corrected chi connectivity index (χ1v) is 12.4. The first-order chi connectivity index (χ1) is 16.4. The molecular weight excluding hydrogens is 448 g/mol. The third kappa shape index (κ3) is 5.60. The van der Waals surface area contributed by atoms with Gasteiger partial charge in [0.2, 0.25) is 5.82 Å². The SMILES string of the molecule is CC(C)CN(C(=O)c1nc2ccccc2n1C1CC1)[C@H]1C[C@@H](C(=O)O)CN(C(=O)OC(C)(C)C)C1. The van der Waals surface area contributed by atoms with Crippen molar-refractivity contribution in [2.45, 2.75) is 71.6 Å². The fraction of sp³-hybridized carbons (Fsp3) is 0.615. The molecule has 2 heterocycles. The predicted molar refractivity (Wildman–Crippen MR) is 131 cm³/mol. The molecule has 2 atom stereocenters. The van der Waals surface area contributed by atoms with Crippen LogP contribution in [0.15, 0.2) is 24.3 Å². The van der Waals surface area contributed by atoms with Crippen LogP contribution in [0.5, 0.6) is 0 Å². The lowest BCUT2D eigenvalue weighted by atomic mass is 9.92. The number of imidazole rings is 1. The number of amides is 2. The van der Waals surface area contributed by atoms with Crippen molar-refractivity contribution >= 4 is 29.0 Å². The zero-order valence-corrected chi connectivity index (χ0v) is 21.2. The Bertz CT molecular complexity index is 1110. The van der Waals surface area contributed by atoms with Gasteiger partial charge in [-0.3, -0.25) is 9.59 Å². The fourth-order valence-electron chi connectivity index (χ4n) is 4.77. The summed E-state index contributed by atoms with van der Waals surface area (Å²) in [6.45, 7) is 10.1. The summed E-state index contributed by atoms with van der Waals surface area (Å²) in [4.78, 5) is 46.8. The Morgan fingerprint density at radius 1 is 1.17 bits per heavy atom. The van der Waals surface area contributed by atoms with E-state index in [4.69, 9.17) is 9.72 Å². The van der Waals surface area contributed by atoms with Crippen molar-refractivity contribution in [2.24, 2.45) is 11.8 Å². The average molecular weight is 485 g/mol. The van der Waals surface area contributed by atoms with Gasteiger partial charge in [0.15, 0.2) is 0 Å². The highest BCUT2D eigenvalue weighted by atomic mass is 16.6. The lowest BCUT2D eigenvalue weighted by molar-refractivity contribution is -0.144. The Kier molecular flexibility index (Phi) is 6.79. The number of carbonyl (C=O) groups excluding carboxylic acids is 2. The molecule has 1 N–H and O–H groups in total. The largest absolute Gasteiger partial charge is 0.481 e. The van der Waals surface area contributed by atoms with Crippen LogP contribution in [0, 0.1) is 11.8 Å². The van der Waals surface area contributed by atoms with Crippen LogP contribution in [0.4, 0.5) is 4.79 Å². The standard InChI is InChI=1S/C26H36N4O5/c1-16(2)13-29(19-12-17(24(32)33)14-28(15-19)25(34)35-26(3,4)5)23(31)22-27-20-8-6-7-9-21(20)30(22)18-10-11-18/h6-9,16-19H,10-15H2,1-5H3,(H,32,33)/t17-,19+/m1/s1. The van der Waals surface area contributed by atoms with Gasteiger partial charge in [-0.1, -0.05) is 26.0 Å². The van der Waals surface area contributed by atoms with E-state index in [9.17, 15) is 19.5 Å². The maximum Gasteiger partial charge on any atom is 0.410 e. The molecule has 2 aliphatic rings. The Hall–Kier alpha value is -3.10. The molecular formula is C26H36N4O5. The summed E-state index contributed by atoms with van der Waals surface area (Å²) in [7, 11) is 0. The highest BCUT2D eigenvalue weighted by Gasteiger charge is 2.41. The van der Waals surface area contributed by atoms with E-state index in [2.05, 4.69) is 0 Å². The number of fused-ring (bicyclic) bond motifs is 1. The third-order valence-corrected chi connectivity index (χ3v) is 6.39. The number of nitrogens with zero attached hydrogens (tertiary/aromatic N) is 4. The predicted octanol–water partition coefficient (Wildman–Crippen LogP) is 4.18. The maximum absolute atomic E-state index is 14.0. The smallest absolute Gasteiger partial charge is 0.410 e. The Morgan fingerprint density at radius 3 is 2.46 bits per heavy atom. The molecule has 35 heavy (non-hydrogen) atoms. The van der Waals surface area contributed by atoms with Crippen molar-refractivity contribution in [3.63, 3.8) is 0 Å². The normalized spacial score (nSPS) is 20.8. The lowest BCUT2D eigenvalue weighted by Gasteiger charge is -2.42. The summed E-state index contributed by atoms with van der Waals surface area (Å²) >= 11 is 0. The number of hydrogen-bond acceptors (Lipinski definition) is 5. The molecule has 1 saturated heterocycles. The number of aromatic nitrogens is 2. The molecule has 2 amide bonds. The van der Waals surface area contributed by atoms with Crippen LogP contribution in [0.25, 0.3) is 11.0 Å².